The van der Waals surface area contributed by atoms with Gasteiger partial charge >= 0.3 is 6.03 Å². The molecule has 4 rings (SSSR count). The molecule has 0 fully saturated rings. The van der Waals surface area contributed by atoms with Crippen molar-refractivity contribution in [3.8, 4) is 11.3 Å². The Morgan fingerprint density at radius 1 is 1.10 bits per heavy atom. The van der Waals surface area contributed by atoms with E-state index in [-0.39, 0.29) is 11.8 Å². The summed E-state index contributed by atoms with van der Waals surface area (Å²) in [4.78, 5) is 21.2. The molecular weight excluding hydrogens is 381 g/mol. The van der Waals surface area contributed by atoms with Gasteiger partial charge in [-0.25, -0.2) is 14.2 Å². The highest BCUT2D eigenvalue weighted by Gasteiger charge is 2.24. The van der Waals surface area contributed by atoms with Gasteiger partial charge in [-0.1, -0.05) is 18.2 Å². The molecule has 0 spiro atoms. The number of hydrogen-bond donors (Lipinski definition) is 2. The fourth-order valence-corrected chi connectivity index (χ4v) is 3.59. The molecule has 0 atom stereocenters. The highest BCUT2D eigenvalue weighted by molar-refractivity contribution is 5.92. The van der Waals surface area contributed by atoms with Gasteiger partial charge in [-0.3, -0.25) is 5.32 Å². The fourth-order valence-electron chi connectivity index (χ4n) is 3.59. The van der Waals surface area contributed by atoms with Crippen molar-refractivity contribution in [2.75, 3.05) is 25.1 Å². The number of rotatable bonds is 4. The summed E-state index contributed by atoms with van der Waals surface area (Å²) in [5.41, 5.74) is 11.3. The molecule has 2 amide bonds. The predicted octanol–water partition coefficient (Wildman–Crippen LogP) is 4.08. The van der Waals surface area contributed by atoms with Gasteiger partial charge in [0.15, 0.2) is 5.82 Å². The Morgan fingerprint density at radius 3 is 2.57 bits per heavy atom. The average molecular weight is 405 g/mol. The number of urea groups is 1. The van der Waals surface area contributed by atoms with E-state index in [1.165, 1.54) is 17.7 Å². The Morgan fingerprint density at radius 2 is 1.83 bits per heavy atom. The third kappa shape index (κ3) is 4.26. The number of hydrogen-bond acceptors (Lipinski definition) is 4. The van der Waals surface area contributed by atoms with Crippen molar-refractivity contribution >= 4 is 17.5 Å². The number of benzene rings is 2. The van der Waals surface area contributed by atoms with Crippen molar-refractivity contribution in [3.63, 3.8) is 0 Å². The molecule has 1 aliphatic rings. The van der Waals surface area contributed by atoms with Gasteiger partial charge in [0.1, 0.15) is 5.82 Å². The number of fused-ring (bicyclic) bond motifs is 1. The smallest absolute Gasteiger partial charge is 0.323 e. The molecule has 7 heteroatoms. The van der Waals surface area contributed by atoms with Crippen LogP contribution >= 0.6 is 0 Å². The standard InChI is InChI=1S/C23H24FN5O/c1-28(2)12-15-3-4-17-13-29(14-18(17)11-15)23(30)27-22-20(25)9-10-21(26-22)16-5-7-19(24)8-6-16/h3-11H,12-14,25H2,1-2H3,(H,26,27,30). The molecular formula is C23H24FN5O. The lowest BCUT2D eigenvalue weighted by Crippen LogP contribution is -2.30. The van der Waals surface area contributed by atoms with E-state index >= 15 is 0 Å². The van der Waals surface area contributed by atoms with Gasteiger partial charge < -0.3 is 15.5 Å². The Kier molecular flexibility index (Phi) is 5.37. The quantitative estimate of drug-likeness (QED) is 0.686. The number of pyridine rings is 1. The molecule has 3 aromatic rings. The molecule has 0 aliphatic carbocycles. The molecule has 0 saturated heterocycles. The van der Waals surface area contributed by atoms with Gasteiger partial charge in [-0.05, 0) is 67.2 Å². The molecule has 1 aromatic heterocycles. The second-order valence-electron chi connectivity index (χ2n) is 7.77. The summed E-state index contributed by atoms with van der Waals surface area (Å²) in [5, 5.41) is 2.82. The zero-order valence-corrected chi connectivity index (χ0v) is 17.0. The van der Waals surface area contributed by atoms with Gasteiger partial charge in [0.2, 0.25) is 0 Å². The summed E-state index contributed by atoms with van der Waals surface area (Å²) in [6.45, 7) is 1.94. The van der Waals surface area contributed by atoms with Crippen LogP contribution in [-0.4, -0.2) is 34.9 Å². The number of carbonyl (C=O) groups is 1. The molecule has 0 radical (unpaired) electrons. The van der Waals surface area contributed by atoms with Crippen LogP contribution in [-0.2, 0) is 19.6 Å². The maximum absolute atomic E-state index is 13.2. The molecule has 1 aliphatic heterocycles. The van der Waals surface area contributed by atoms with Crippen LogP contribution in [0.4, 0.5) is 20.7 Å². The number of anilines is 2. The van der Waals surface area contributed by atoms with Crippen LogP contribution in [0.5, 0.6) is 0 Å². The van der Waals surface area contributed by atoms with Crippen LogP contribution in [0, 0.1) is 5.82 Å². The lowest BCUT2D eigenvalue weighted by Gasteiger charge is -2.17. The molecule has 154 valence electrons. The highest BCUT2D eigenvalue weighted by Crippen LogP contribution is 2.27. The summed E-state index contributed by atoms with van der Waals surface area (Å²) in [7, 11) is 4.06. The van der Waals surface area contributed by atoms with Crippen LogP contribution in [0.1, 0.15) is 16.7 Å². The molecule has 30 heavy (non-hydrogen) atoms. The third-order valence-electron chi connectivity index (χ3n) is 5.07. The van der Waals surface area contributed by atoms with E-state index in [9.17, 15) is 9.18 Å². The Balaban J connectivity index is 1.49. The van der Waals surface area contributed by atoms with Gasteiger partial charge in [-0.2, -0.15) is 0 Å². The molecule has 6 nitrogen and oxygen atoms in total. The average Bonchev–Trinajstić information content (AvgIpc) is 3.13. The summed E-state index contributed by atoms with van der Waals surface area (Å²) in [6, 6.07) is 15.6. The van der Waals surface area contributed by atoms with Crippen molar-refractivity contribution in [3.05, 3.63) is 77.1 Å². The first-order chi connectivity index (χ1) is 14.4. The van der Waals surface area contributed by atoms with E-state index < -0.39 is 0 Å². The van der Waals surface area contributed by atoms with Gasteiger partial charge in [0.25, 0.3) is 0 Å². The summed E-state index contributed by atoms with van der Waals surface area (Å²) in [6.07, 6.45) is 0. The zero-order chi connectivity index (χ0) is 21.3. The van der Waals surface area contributed by atoms with Crippen LogP contribution in [0.25, 0.3) is 11.3 Å². The molecule has 2 heterocycles. The van der Waals surface area contributed by atoms with E-state index in [0.29, 0.717) is 30.3 Å². The number of carbonyl (C=O) groups excluding carboxylic acids is 1. The summed E-state index contributed by atoms with van der Waals surface area (Å²) >= 11 is 0. The van der Waals surface area contributed by atoms with E-state index in [1.807, 2.05) is 14.1 Å². The van der Waals surface area contributed by atoms with Crippen LogP contribution < -0.4 is 11.1 Å². The molecule has 0 unspecified atom stereocenters. The Bertz CT molecular complexity index is 1080. The number of nitrogen functional groups attached to an aromatic ring is 1. The molecule has 0 saturated carbocycles. The SMILES string of the molecule is CN(C)Cc1ccc2c(c1)CN(C(=O)Nc1nc(-c3ccc(F)cc3)ccc1N)C2. The van der Waals surface area contributed by atoms with Crippen LogP contribution in [0.15, 0.2) is 54.6 Å². The Labute approximate surface area is 175 Å². The number of halogens is 1. The van der Waals surface area contributed by atoms with Crippen LogP contribution in [0.2, 0.25) is 0 Å². The van der Waals surface area contributed by atoms with E-state index in [4.69, 9.17) is 5.73 Å². The molecule has 2 aromatic carbocycles. The first kappa shape index (κ1) is 19.8. The third-order valence-corrected chi connectivity index (χ3v) is 5.07. The normalized spacial score (nSPS) is 12.9. The molecule has 3 N–H and O–H groups in total. The molecule has 0 bridgehead atoms. The maximum Gasteiger partial charge on any atom is 0.323 e. The second kappa shape index (κ2) is 8.12. The number of nitrogens with one attached hydrogen (secondary N) is 1. The van der Waals surface area contributed by atoms with Crippen molar-refractivity contribution in [2.24, 2.45) is 0 Å². The van der Waals surface area contributed by atoms with Gasteiger partial charge in [-0.15, -0.1) is 0 Å². The summed E-state index contributed by atoms with van der Waals surface area (Å²) in [5.74, 6) is -0.0175. The van der Waals surface area contributed by atoms with Gasteiger partial charge in [0.05, 0.1) is 11.4 Å². The summed E-state index contributed by atoms with van der Waals surface area (Å²) < 4.78 is 13.2. The maximum atomic E-state index is 13.2. The highest BCUT2D eigenvalue weighted by atomic mass is 19.1. The van der Waals surface area contributed by atoms with Crippen LogP contribution in [0.3, 0.4) is 0 Å². The topological polar surface area (TPSA) is 74.5 Å². The minimum absolute atomic E-state index is 0.254. The minimum Gasteiger partial charge on any atom is -0.396 e. The number of aromatic nitrogens is 1. The number of nitrogens with two attached hydrogens (primary N) is 1. The van der Waals surface area contributed by atoms with E-state index in [2.05, 4.69) is 33.4 Å². The number of amides is 2. The zero-order valence-electron chi connectivity index (χ0n) is 17.0. The van der Waals surface area contributed by atoms with Crippen molar-refractivity contribution in [1.82, 2.24) is 14.8 Å². The Hall–Kier alpha value is -3.45. The largest absolute Gasteiger partial charge is 0.396 e. The number of nitrogens with zero attached hydrogens (tertiary/aromatic N) is 3. The predicted molar refractivity (Wildman–Crippen MR) is 116 cm³/mol. The lowest BCUT2D eigenvalue weighted by atomic mass is 10.1. The second-order valence-corrected chi connectivity index (χ2v) is 7.77. The monoisotopic (exact) mass is 405 g/mol. The fraction of sp³-hybridized carbons (Fsp3) is 0.217. The van der Waals surface area contributed by atoms with Crippen molar-refractivity contribution < 1.29 is 9.18 Å². The van der Waals surface area contributed by atoms with E-state index in [0.717, 1.165) is 23.2 Å². The first-order valence-corrected chi connectivity index (χ1v) is 9.73. The van der Waals surface area contributed by atoms with E-state index in [1.54, 1.807) is 29.2 Å². The van der Waals surface area contributed by atoms with Crippen molar-refractivity contribution in [1.29, 1.82) is 0 Å². The lowest BCUT2D eigenvalue weighted by molar-refractivity contribution is 0.212. The minimum atomic E-state index is -0.315. The van der Waals surface area contributed by atoms with Gasteiger partial charge in [0, 0.05) is 25.2 Å². The first-order valence-electron chi connectivity index (χ1n) is 9.73. The van der Waals surface area contributed by atoms with Crippen molar-refractivity contribution in [2.45, 2.75) is 19.6 Å².